The van der Waals surface area contributed by atoms with Crippen LogP contribution in [0.5, 0.6) is 0 Å². The first kappa shape index (κ1) is 18.4. The van der Waals surface area contributed by atoms with E-state index in [1.165, 1.54) is 6.42 Å². The van der Waals surface area contributed by atoms with Crippen LogP contribution in [0.15, 0.2) is 29.2 Å². The standard InChI is InChI=1S/C19H28N2O3S/c22-19(16-8-4-3-5-9-16)20-17-10-12-18(13-11-17)25(23,24)21-14-6-1-2-7-15-21/h10-13,16H,1-9,14-15H2,(H,20,22). The van der Waals surface area contributed by atoms with Crippen LogP contribution in [0, 0.1) is 5.92 Å². The van der Waals surface area contributed by atoms with Gasteiger partial charge in [-0.2, -0.15) is 4.31 Å². The fraction of sp³-hybridized carbons (Fsp3) is 0.632. The van der Waals surface area contributed by atoms with Crippen molar-refractivity contribution in [3.05, 3.63) is 24.3 Å². The molecule has 1 saturated carbocycles. The molecule has 0 bridgehead atoms. The van der Waals surface area contributed by atoms with Crippen molar-refractivity contribution >= 4 is 21.6 Å². The fourth-order valence-electron chi connectivity index (χ4n) is 3.75. The van der Waals surface area contributed by atoms with E-state index in [1.54, 1.807) is 28.6 Å². The molecule has 0 unspecified atom stereocenters. The average Bonchev–Trinajstić information content (AvgIpc) is 2.93. The lowest BCUT2D eigenvalue weighted by atomic mass is 9.88. The molecule has 0 aromatic heterocycles. The van der Waals surface area contributed by atoms with Gasteiger partial charge in [-0.3, -0.25) is 4.79 Å². The van der Waals surface area contributed by atoms with E-state index in [2.05, 4.69) is 5.32 Å². The smallest absolute Gasteiger partial charge is 0.243 e. The molecule has 1 aromatic rings. The van der Waals surface area contributed by atoms with Crippen LogP contribution in [-0.4, -0.2) is 31.7 Å². The van der Waals surface area contributed by atoms with E-state index >= 15 is 0 Å². The lowest BCUT2D eigenvalue weighted by molar-refractivity contribution is -0.120. The number of rotatable bonds is 4. The number of hydrogen-bond acceptors (Lipinski definition) is 3. The van der Waals surface area contributed by atoms with Crippen LogP contribution in [0.2, 0.25) is 0 Å². The largest absolute Gasteiger partial charge is 0.326 e. The van der Waals surface area contributed by atoms with Gasteiger partial charge in [-0.05, 0) is 49.9 Å². The molecule has 1 saturated heterocycles. The number of benzene rings is 1. The van der Waals surface area contributed by atoms with Crippen LogP contribution >= 0.6 is 0 Å². The van der Waals surface area contributed by atoms with Gasteiger partial charge in [0, 0.05) is 24.7 Å². The van der Waals surface area contributed by atoms with E-state index in [0.717, 1.165) is 51.4 Å². The van der Waals surface area contributed by atoms with Crippen molar-refractivity contribution in [1.29, 1.82) is 0 Å². The van der Waals surface area contributed by atoms with Gasteiger partial charge < -0.3 is 5.32 Å². The highest BCUT2D eigenvalue weighted by atomic mass is 32.2. The first-order valence-corrected chi connectivity index (χ1v) is 10.9. The molecular formula is C19H28N2O3S. The fourth-order valence-corrected chi connectivity index (χ4v) is 5.27. The molecule has 2 aliphatic rings. The maximum atomic E-state index is 12.8. The first-order valence-electron chi connectivity index (χ1n) is 9.48. The van der Waals surface area contributed by atoms with Gasteiger partial charge in [0.25, 0.3) is 0 Å². The second kappa shape index (κ2) is 8.32. The minimum Gasteiger partial charge on any atom is -0.326 e. The van der Waals surface area contributed by atoms with Crippen LogP contribution in [-0.2, 0) is 14.8 Å². The van der Waals surface area contributed by atoms with Crippen molar-refractivity contribution in [2.24, 2.45) is 5.92 Å². The number of amides is 1. The van der Waals surface area contributed by atoms with Crippen molar-refractivity contribution in [2.75, 3.05) is 18.4 Å². The zero-order valence-corrected chi connectivity index (χ0v) is 15.6. The number of nitrogens with one attached hydrogen (secondary N) is 1. The van der Waals surface area contributed by atoms with E-state index in [4.69, 9.17) is 0 Å². The summed E-state index contributed by atoms with van der Waals surface area (Å²) in [5.74, 6) is 0.150. The Bertz CT molecular complexity index is 671. The number of sulfonamides is 1. The molecule has 6 heteroatoms. The molecule has 1 aliphatic heterocycles. The third-order valence-electron chi connectivity index (χ3n) is 5.30. The summed E-state index contributed by atoms with van der Waals surface area (Å²) >= 11 is 0. The Morgan fingerprint density at radius 2 is 1.44 bits per heavy atom. The van der Waals surface area contributed by atoms with Gasteiger partial charge in [-0.1, -0.05) is 32.1 Å². The minimum atomic E-state index is -3.43. The summed E-state index contributed by atoms with van der Waals surface area (Å²) in [4.78, 5) is 12.6. The first-order chi connectivity index (χ1) is 12.1. The molecule has 1 aromatic carbocycles. The Kier molecular flexibility index (Phi) is 6.12. The maximum absolute atomic E-state index is 12.8. The Morgan fingerprint density at radius 3 is 2.04 bits per heavy atom. The number of nitrogens with zero attached hydrogens (tertiary/aromatic N) is 1. The highest BCUT2D eigenvalue weighted by Crippen LogP contribution is 2.26. The van der Waals surface area contributed by atoms with Crippen molar-refractivity contribution in [3.63, 3.8) is 0 Å². The summed E-state index contributed by atoms with van der Waals surface area (Å²) in [6.07, 6.45) is 9.39. The normalized spacial score (nSPS) is 20.8. The van der Waals surface area contributed by atoms with Crippen LogP contribution in [0.3, 0.4) is 0 Å². The number of carbonyl (C=O) groups excluding carboxylic acids is 1. The summed E-state index contributed by atoms with van der Waals surface area (Å²) in [6, 6.07) is 6.62. The predicted octanol–water partition coefficient (Wildman–Crippen LogP) is 3.77. The van der Waals surface area contributed by atoms with Crippen LogP contribution in [0.4, 0.5) is 5.69 Å². The van der Waals surface area contributed by atoms with Crippen LogP contribution in [0.1, 0.15) is 57.8 Å². The van der Waals surface area contributed by atoms with Crippen LogP contribution < -0.4 is 5.32 Å². The SMILES string of the molecule is O=C(Nc1ccc(S(=O)(=O)N2CCCCCC2)cc1)C1CCCCC1. The molecule has 2 fully saturated rings. The van der Waals surface area contributed by atoms with Crippen molar-refractivity contribution in [2.45, 2.75) is 62.7 Å². The zero-order chi connectivity index (χ0) is 17.7. The molecule has 138 valence electrons. The van der Waals surface area contributed by atoms with Gasteiger partial charge in [0.05, 0.1) is 4.90 Å². The van der Waals surface area contributed by atoms with E-state index in [9.17, 15) is 13.2 Å². The highest BCUT2D eigenvalue weighted by molar-refractivity contribution is 7.89. The van der Waals surface area contributed by atoms with Crippen molar-refractivity contribution < 1.29 is 13.2 Å². The molecular weight excluding hydrogens is 336 g/mol. The molecule has 0 spiro atoms. The summed E-state index contributed by atoms with van der Waals surface area (Å²) < 4.78 is 27.1. The van der Waals surface area contributed by atoms with E-state index in [-0.39, 0.29) is 11.8 Å². The second-order valence-electron chi connectivity index (χ2n) is 7.17. The Labute approximate surface area is 150 Å². The van der Waals surface area contributed by atoms with Crippen molar-refractivity contribution in [1.82, 2.24) is 4.31 Å². The van der Waals surface area contributed by atoms with Gasteiger partial charge in [0.15, 0.2) is 0 Å². The molecule has 0 radical (unpaired) electrons. The monoisotopic (exact) mass is 364 g/mol. The Balaban J connectivity index is 1.65. The quantitative estimate of drug-likeness (QED) is 0.884. The summed E-state index contributed by atoms with van der Waals surface area (Å²) in [6.45, 7) is 1.20. The number of carbonyl (C=O) groups is 1. The molecule has 3 rings (SSSR count). The van der Waals surface area contributed by atoms with E-state index in [1.807, 2.05) is 0 Å². The summed E-state index contributed by atoms with van der Waals surface area (Å²) in [7, 11) is -3.43. The molecule has 1 heterocycles. The van der Waals surface area contributed by atoms with Crippen molar-refractivity contribution in [3.8, 4) is 0 Å². The predicted molar refractivity (Wildman–Crippen MR) is 98.9 cm³/mol. The number of anilines is 1. The van der Waals surface area contributed by atoms with Crippen LogP contribution in [0.25, 0.3) is 0 Å². The minimum absolute atomic E-state index is 0.0582. The van der Waals surface area contributed by atoms with Gasteiger partial charge in [-0.15, -0.1) is 0 Å². The van der Waals surface area contributed by atoms with E-state index in [0.29, 0.717) is 23.7 Å². The molecule has 1 N–H and O–H groups in total. The summed E-state index contributed by atoms with van der Waals surface area (Å²) in [5, 5.41) is 2.93. The Hall–Kier alpha value is -1.40. The summed E-state index contributed by atoms with van der Waals surface area (Å²) in [5.41, 5.74) is 0.672. The third-order valence-corrected chi connectivity index (χ3v) is 7.21. The molecule has 0 atom stereocenters. The van der Waals surface area contributed by atoms with E-state index < -0.39 is 10.0 Å². The average molecular weight is 365 g/mol. The Morgan fingerprint density at radius 1 is 0.880 bits per heavy atom. The lowest BCUT2D eigenvalue weighted by Gasteiger charge is -2.21. The molecule has 5 nitrogen and oxygen atoms in total. The van der Waals surface area contributed by atoms with Gasteiger partial charge in [0.2, 0.25) is 15.9 Å². The molecule has 1 aliphatic carbocycles. The second-order valence-corrected chi connectivity index (χ2v) is 9.10. The topological polar surface area (TPSA) is 66.5 Å². The van der Waals surface area contributed by atoms with Gasteiger partial charge in [0.1, 0.15) is 0 Å². The zero-order valence-electron chi connectivity index (χ0n) is 14.7. The number of hydrogen-bond donors (Lipinski definition) is 1. The molecule has 25 heavy (non-hydrogen) atoms. The molecule has 1 amide bonds. The maximum Gasteiger partial charge on any atom is 0.243 e. The highest BCUT2D eigenvalue weighted by Gasteiger charge is 2.25. The van der Waals surface area contributed by atoms with Gasteiger partial charge in [-0.25, -0.2) is 8.42 Å². The third kappa shape index (κ3) is 4.61. The van der Waals surface area contributed by atoms with Gasteiger partial charge >= 0.3 is 0 Å². The lowest BCUT2D eigenvalue weighted by Crippen LogP contribution is -2.31.